The molecular weight excluding hydrogens is 246 g/mol. The third-order valence-electron chi connectivity index (χ3n) is 3.86. The van der Waals surface area contributed by atoms with Gasteiger partial charge in [0.15, 0.2) is 5.96 Å². The van der Waals surface area contributed by atoms with Crippen LogP contribution in [0.5, 0.6) is 0 Å². The molecule has 2 N–H and O–H groups in total. The second-order valence-electron chi connectivity index (χ2n) is 5.99. The van der Waals surface area contributed by atoms with Crippen molar-refractivity contribution in [1.29, 1.82) is 0 Å². The minimum Gasteiger partial charge on any atom is -0.356 e. The van der Waals surface area contributed by atoms with Crippen LogP contribution in [0.2, 0.25) is 0 Å². The fraction of sp³-hybridized carbons (Fsp3) is 0.588. The summed E-state index contributed by atoms with van der Waals surface area (Å²) in [5.74, 6) is 1.61. The highest BCUT2D eigenvalue weighted by Gasteiger charge is 2.10. The van der Waals surface area contributed by atoms with Gasteiger partial charge in [0.05, 0.1) is 0 Å². The number of hydrogen-bond acceptors (Lipinski definition) is 1. The van der Waals surface area contributed by atoms with Crippen molar-refractivity contribution in [2.75, 3.05) is 13.6 Å². The Morgan fingerprint density at radius 1 is 1.20 bits per heavy atom. The summed E-state index contributed by atoms with van der Waals surface area (Å²) in [5, 5.41) is 6.75. The number of benzene rings is 1. The SMILES string of the molecule is CN=C(NCCC(C)C)NCc1ccc2c(c1)CCC2. The molecule has 1 aliphatic carbocycles. The zero-order valence-corrected chi connectivity index (χ0v) is 13.0. The largest absolute Gasteiger partial charge is 0.356 e. The minimum absolute atomic E-state index is 0.720. The van der Waals surface area contributed by atoms with Crippen LogP contribution >= 0.6 is 0 Å². The van der Waals surface area contributed by atoms with Gasteiger partial charge in [-0.05, 0) is 48.3 Å². The molecule has 1 aromatic carbocycles. The molecule has 3 heteroatoms. The molecule has 0 atom stereocenters. The summed E-state index contributed by atoms with van der Waals surface area (Å²) in [6.07, 6.45) is 4.97. The van der Waals surface area contributed by atoms with E-state index >= 15 is 0 Å². The first-order valence-electron chi connectivity index (χ1n) is 7.74. The lowest BCUT2D eigenvalue weighted by molar-refractivity contribution is 0.573. The highest BCUT2D eigenvalue weighted by molar-refractivity contribution is 5.79. The molecular formula is C17H27N3. The molecule has 0 radical (unpaired) electrons. The van der Waals surface area contributed by atoms with Crippen LogP contribution in [0.3, 0.4) is 0 Å². The Labute approximate surface area is 122 Å². The summed E-state index contributed by atoms with van der Waals surface area (Å²) in [4.78, 5) is 4.27. The Bertz CT molecular complexity index is 463. The van der Waals surface area contributed by atoms with E-state index in [2.05, 4.69) is 47.7 Å². The van der Waals surface area contributed by atoms with Crippen LogP contribution in [0.15, 0.2) is 23.2 Å². The van der Waals surface area contributed by atoms with Crippen molar-refractivity contribution in [2.45, 2.75) is 46.1 Å². The van der Waals surface area contributed by atoms with E-state index in [0.29, 0.717) is 0 Å². The smallest absolute Gasteiger partial charge is 0.191 e. The van der Waals surface area contributed by atoms with Crippen molar-refractivity contribution >= 4 is 5.96 Å². The predicted molar refractivity (Wildman–Crippen MR) is 86.1 cm³/mol. The van der Waals surface area contributed by atoms with E-state index in [1.165, 1.54) is 42.4 Å². The highest BCUT2D eigenvalue weighted by Crippen LogP contribution is 2.22. The number of rotatable bonds is 5. The summed E-state index contributed by atoms with van der Waals surface area (Å²) in [5.41, 5.74) is 4.41. The van der Waals surface area contributed by atoms with E-state index in [1.807, 2.05) is 7.05 Å². The Balaban J connectivity index is 1.81. The molecule has 0 aliphatic heterocycles. The molecule has 0 heterocycles. The summed E-state index contributed by atoms with van der Waals surface area (Å²) >= 11 is 0. The Morgan fingerprint density at radius 2 is 2.00 bits per heavy atom. The van der Waals surface area contributed by atoms with Crippen LogP contribution in [0.25, 0.3) is 0 Å². The topological polar surface area (TPSA) is 36.4 Å². The predicted octanol–water partition coefficient (Wildman–Crippen LogP) is 2.89. The van der Waals surface area contributed by atoms with Gasteiger partial charge in [-0.3, -0.25) is 4.99 Å². The average molecular weight is 273 g/mol. The first-order valence-corrected chi connectivity index (χ1v) is 7.74. The van der Waals surface area contributed by atoms with Gasteiger partial charge in [-0.1, -0.05) is 32.0 Å². The van der Waals surface area contributed by atoms with Gasteiger partial charge in [0, 0.05) is 20.1 Å². The lowest BCUT2D eigenvalue weighted by Gasteiger charge is -2.13. The monoisotopic (exact) mass is 273 g/mol. The second kappa shape index (κ2) is 7.32. The fourth-order valence-electron chi connectivity index (χ4n) is 2.62. The molecule has 0 amide bonds. The van der Waals surface area contributed by atoms with Crippen LogP contribution in [0, 0.1) is 5.92 Å². The summed E-state index contributed by atoms with van der Waals surface area (Å²) in [6.45, 7) is 6.29. The van der Waals surface area contributed by atoms with Crippen LogP contribution in [-0.4, -0.2) is 19.6 Å². The number of hydrogen-bond donors (Lipinski definition) is 2. The summed E-state index contributed by atoms with van der Waals surface area (Å²) < 4.78 is 0. The Hall–Kier alpha value is -1.51. The molecule has 0 aromatic heterocycles. The number of nitrogens with zero attached hydrogens (tertiary/aromatic N) is 1. The molecule has 0 fully saturated rings. The van der Waals surface area contributed by atoms with Gasteiger partial charge in [-0.15, -0.1) is 0 Å². The number of aryl methyl sites for hydroxylation is 2. The molecule has 0 unspecified atom stereocenters. The highest BCUT2D eigenvalue weighted by atomic mass is 15.2. The molecule has 0 spiro atoms. The fourth-order valence-corrected chi connectivity index (χ4v) is 2.62. The van der Waals surface area contributed by atoms with Gasteiger partial charge in [0.1, 0.15) is 0 Å². The standard InChI is InChI=1S/C17H27N3/c1-13(2)9-10-19-17(18-3)20-12-14-7-8-15-5-4-6-16(15)11-14/h7-8,11,13H,4-6,9-10,12H2,1-3H3,(H2,18,19,20). The van der Waals surface area contributed by atoms with Crippen LogP contribution in [0.4, 0.5) is 0 Å². The molecule has 3 nitrogen and oxygen atoms in total. The van der Waals surface area contributed by atoms with E-state index in [-0.39, 0.29) is 0 Å². The first kappa shape index (κ1) is 14.9. The Kier molecular flexibility index (Phi) is 5.45. The van der Waals surface area contributed by atoms with Gasteiger partial charge in [-0.25, -0.2) is 0 Å². The van der Waals surface area contributed by atoms with Crippen molar-refractivity contribution in [3.05, 3.63) is 34.9 Å². The van der Waals surface area contributed by atoms with Crippen molar-refractivity contribution in [1.82, 2.24) is 10.6 Å². The quantitative estimate of drug-likeness (QED) is 0.639. The van der Waals surface area contributed by atoms with E-state index < -0.39 is 0 Å². The maximum absolute atomic E-state index is 4.27. The van der Waals surface area contributed by atoms with E-state index in [4.69, 9.17) is 0 Å². The Morgan fingerprint density at radius 3 is 2.75 bits per heavy atom. The number of aliphatic imine (C=N–C) groups is 1. The average Bonchev–Trinajstić information content (AvgIpc) is 2.89. The number of nitrogens with one attached hydrogen (secondary N) is 2. The number of guanidine groups is 1. The summed E-state index contributed by atoms with van der Waals surface area (Å²) in [7, 11) is 1.83. The molecule has 1 aliphatic rings. The summed E-state index contributed by atoms with van der Waals surface area (Å²) in [6, 6.07) is 6.86. The lowest BCUT2D eigenvalue weighted by Crippen LogP contribution is -2.37. The normalized spacial score (nSPS) is 14.5. The van der Waals surface area contributed by atoms with Gasteiger partial charge in [-0.2, -0.15) is 0 Å². The molecule has 20 heavy (non-hydrogen) atoms. The van der Waals surface area contributed by atoms with Crippen molar-refractivity contribution < 1.29 is 0 Å². The van der Waals surface area contributed by atoms with Crippen LogP contribution < -0.4 is 10.6 Å². The van der Waals surface area contributed by atoms with Crippen molar-refractivity contribution in [3.8, 4) is 0 Å². The third kappa shape index (κ3) is 4.26. The maximum atomic E-state index is 4.27. The van der Waals surface area contributed by atoms with Crippen LogP contribution in [0.1, 0.15) is 43.4 Å². The zero-order chi connectivity index (χ0) is 14.4. The van der Waals surface area contributed by atoms with E-state index in [1.54, 1.807) is 0 Å². The van der Waals surface area contributed by atoms with E-state index in [9.17, 15) is 0 Å². The van der Waals surface area contributed by atoms with Gasteiger partial charge < -0.3 is 10.6 Å². The first-order chi connectivity index (χ1) is 9.69. The maximum Gasteiger partial charge on any atom is 0.191 e. The number of fused-ring (bicyclic) bond motifs is 1. The third-order valence-corrected chi connectivity index (χ3v) is 3.86. The van der Waals surface area contributed by atoms with Gasteiger partial charge in [0.2, 0.25) is 0 Å². The van der Waals surface area contributed by atoms with Crippen LogP contribution in [-0.2, 0) is 19.4 Å². The lowest BCUT2D eigenvalue weighted by atomic mass is 10.1. The van der Waals surface area contributed by atoms with Crippen molar-refractivity contribution in [3.63, 3.8) is 0 Å². The molecule has 0 saturated heterocycles. The van der Waals surface area contributed by atoms with Gasteiger partial charge >= 0.3 is 0 Å². The minimum atomic E-state index is 0.720. The zero-order valence-electron chi connectivity index (χ0n) is 13.0. The van der Waals surface area contributed by atoms with Gasteiger partial charge in [0.25, 0.3) is 0 Å². The van der Waals surface area contributed by atoms with E-state index in [0.717, 1.165) is 25.0 Å². The molecule has 1 aromatic rings. The molecule has 0 bridgehead atoms. The molecule has 110 valence electrons. The molecule has 2 rings (SSSR count). The molecule has 0 saturated carbocycles. The van der Waals surface area contributed by atoms with Crippen molar-refractivity contribution in [2.24, 2.45) is 10.9 Å². The second-order valence-corrected chi connectivity index (χ2v) is 5.99.